The highest BCUT2D eigenvalue weighted by atomic mass is 16.6. The van der Waals surface area contributed by atoms with Gasteiger partial charge in [0, 0.05) is 26.6 Å². The molecule has 0 aromatic heterocycles. The lowest BCUT2D eigenvalue weighted by Crippen LogP contribution is -2.51. The van der Waals surface area contributed by atoms with Gasteiger partial charge in [-0.3, -0.25) is 0 Å². The van der Waals surface area contributed by atoms with Gasteiger partial charge in [0.25, 0.3) is 0 Å². The van der Waals surface area contributed by atoms with Crippen molar-refractivity contribution >= 4 is 18.1 Å². The predicted octanol–water partition coefficient (Wildman–Crippen LogP) is 3.37. The SMILES string of the molecule is CC(C)NC(=O)N(C)N(C)C(=O)O[C@@H](Cc1ccccc1)C(=O)OCc1ccccc1. The Hall–Kier alpha value is -3.55. The Morgan fingerprint density at radius 3 is 1.97 bits per heavy atom. The molecule has 0 fully saturated rings. The van der Waals surface area contributed by atoms with E-state index in [-0.39, 0.29) is 19.1 Å². The van der Waals surface area contributed by atoms with Crippen LogP contribution < -0.4 is 5.32 Å². The number of hydrazine groups is 1. The van der Waals surface area contributed by atoms with Gasteiger partial charge in [0.05, 0.1) is 0 Å². The van der Waals surface area contributed by atoms with Gasteiger partial charge < -0.3 is 14.8 Å². The Balaban J connectivity index is 2.07. The molecule has 1 atom stereocenters. The summed E-state index contributed by atoms with van der Waals surface area (Å²) in [6.45, 7) is 3.68. The molecule has 2 aromatic rings. The molecule has 0 heterocycles. The molecule has 2 rings (SSSR count). The van der Waals surface area contributed by atoms with Gasteiger partial charge in [-0.25, -0.2) is 24.4 Å². The van der Waals surface area contributed by atoms with Crippen LogP contribution in [0.1, 0.15) is 25.0 Å². The molecule has 0 bridgehead atoms. The van der Waals surface area contributed by atoms with Gasteiger partial charge in [-0.2, -0.15) is 0 Å². The van der Waals surface area contributed by atoms with E-state index in [1.807, 2.05) is 74.5 Å². The number of amides is 3. The minimum Gasteiger partial charge on any atom is -0.458 e. The first-order chi connectivity index (χ1) is 14.8. The van der Waals surface area contributed by atoms with Crippen LogP contribution >= 0.6 is 0 Å². The van der Waals surface area contributed by atoms with Crippen molar-refractivity contribution in [1.29, 1.82) is 0 Å². The van der Waals surface area contributed by atoms with Gasteiger partial charge in [-0.15, -0.1) is 0 Å². The lowest BCUT2D eigenvalue weighted by Gasteiger charge is -2.29. The van der Waals surface area contributed by atoms with Crippen LogP contribution in [0, 0.1) is 0 Å². The van der Waals surface area contributed by atoms with E-state index in [0.29, 0.717) is 0 Å². The van der Waals surface area contributed by atoms with Crippen LogP contribution in [-0.4, -0.2) is 54.4 Å². The highest BCUT2D eigenvalue weighted by Gasteiger charge is 2.29. The molecule has 1 N–H and O–H groups in total. The number of carbonyl (C=O) groups is 3. The van der Waals surface area contributed by atoms with Crippen molar-refractivity contribution in [3.63, 3.8) is 0 Å². The topological polar surface area (TPSA) is 88.2 Å². The largest absolute Gasteiger partial charge is 0.458 e. The van der Waals surface area contributed by atoms with Gasteiger partial charge in [0.15, 0.2) is 0 Å². The number of rotatable bonds is 7. The molecule has 0 aliphatic carbocycles. The summed E-state index contributed by atoms with van der Waals surface area (Å²) in [5.74, 6) is -0.663. The third-order valence-electron chi connectivity index (χ3n) is 4.41. The lowest BCUT2D eigenvalue weighted by atomic mass is 10.1. The van der Waals surface area contributed by atoms with E-state index < -0.39 is 24.2 Å². The molecular formula is C23H29N3O5. The highest BCUT2D eigenvalue weighted by molar-refractivity contribution is 5.81. The molecule has 0 aliphatic heterocycles. The maximum atomic E-state index is 12.7. The number of nitrogens with zero attached hydrogens (tertiary/aromatic N) is 2. The minimum absolute atomic E-state index is 0.0645. The average molecular weight is 428 g/mol. The maximum absolute atomic E-state index is 12.7. The molecule has 0 spiro atoms. The number of esters is 1. The van der Waals surface area contributed by atoms with Crippen molar-refractivity contribution in [1.82, 2.24) is 15.3 Å². The van der Waals surface area contributed by atoms with Gasteiger partial charge in [0.1, 0.15) is 6.61 Å². The fourth-order valence-corrected chi connectivity index (χ4v) is 2.62. The molecule has 0 saturated carbocycles. The third kappa shape index (κ3) is 7.65. The number of hydrogen-bond donors (Lipinski definition) is 1. The van der Waals surface area contributed by atoms with Crippen LogP contribution in [0.5, 0.6) is 0 Å². The number of ether oxygens (including phenoxy) is 2. The monoisotopic (exact) mass is 427 g/mol. The van der Waals surface area contributed by atoms with Crippen molar-refractivity contribution in [3.05, 3.63) is 71.8 Å². The quantitative estimate of drug-likeness (QED) is 0.541. The first-order valence-electron chi connectivity index (χ1n) is 10.0. The van der Waals surface area contributed by atoms with Gasteiger partial charge in [-0.05, 0) is 25.0 Å². The summed E-state index contributed by atoms with van der Waals surface area (Å²) in [5.41, 5.74) is 1.63. The average Bonchev–Trinajstić information content (AvgIpc) is 2.76. The van der Waals surface area contributed by atoms with Crippen LogP contribution in [0.2, 0.25) is 0 Å². The summed E-state index contributed by atoms with van der Waals surface area (Å²) >= 11 is 0. The molecular weight excluding hydrogens is 398 g/mol. The zero-order valence-corrected chi connectivity index (χ0v) is 18.3. The van der Waals surface area contributed by atoms with Crippen LogP contribution in [0.25, 0.3) is 0 Å². The van der Waals surface area contributed by atoms with Crippen LogP contribution in [-0.2, 0) is 27.3 Å². The Morgan fingerprint density at radius 1 is 0.871 bits per heavy atom. The molecule has 31 heavy (non-hydrogen) atoms. The molecule has 3 amide bonds. The van der Waals surface area contributed by atoms with Crippen LogP contribution in [0.15, 0.2) is 60.7 Å². The zero-order valence-electron chi connectivity index (χ0n) is 18.3. The van der Waals surface area contributed by atoms with E-state index in [4.69, 9.17) is 9.47 Å². The molecule has 0 saturated heterocycles. The summed E-state index contributed by atoms with van der Waals surface area (Å²) in [6, 6.07) is 17.8. The van der Waals surface area contributed by atoms with E-state index in [9.17, 15) is 14.4 Å². The van der Waals surface area contributed by atoms with Gasteiger partial charge in [0.2, 0.25) is 6.10 Å². The third-order valence-corrected chi connectivity index (χ3v) is 4.41. The standard InChI is InChI=1S/C23H29N3O5/c1-17(2)24-22(28)25(3)26(4)23(29)31-20(15-18-11-7-5-8-12-18)21(27)30-16-19-13-9-6-10-14-19/h5-14,17,20H,15-16H2,1-4H3,(H,24,28)/t20-/m0/s1. The van der Waals surface area contributed by atoms with Crippen LogP contribution in [0.3, 0.4) is 0 Å². The molecule has 0 unspecified atom stereocenters. The van der Waals surface area contributed by atoms with Crippen LogP contribution in [0.4, 0.5) is 9.59 Å². The van der Waals surface area contributed by atoms with Gasteiger partial charge in [-0.1, -0.05) is 60.7 Å². The van der Waals surface area contributed by atoms with Crippen molar-refractivity contribution in [3.8, 4) is 0 Å². The number of carbonyl (C=O) groups excluding carboxylic acids is 3. The second-order valence-corrected chi connectivity index (χ2v) is 7.31. The summed E-state index contributed by atoms with van der Waals surface area (Å²) < 4.78 is 10.8. The Bertz CT molecular complexity index is 858. The molecule has 8 heteroatoms. The number of nitrogens with one attached hydrogen (secondary N) is 1. The number of urea groups is 1. The first kappa shape index (κ1) is 23.7. The zero-order chi connectivity index (χ0) is 22.8. The van der Waals surface area contributed by atoms with Crippen molar-refractivity contribution in [2.24, 2.45) is 0 Å². The fourth-order valence-electron chi connectivity index (χ4n) is 2.62. The van der Waals surface area contributed by atoms with Crippen molar-refractivity contribution < 1.29 is 23.9 Å². The number of benzene rings is 2. The predicted molar refractivity (Wildman–Crippen MR) is 116 cm³/mol. The Kier molecular flexibility index (Phi) is 8.87. The number of hydrogen-bond acceptors (Lipinski definition) is 5. The molecule has 0 radical (unpaired) electrons. The highest BCUT2D eigenvalue weighted by Crippen LogP contribution is 2.12. The molecule has 2 aromatic carbocycles. The maximum Gasteiger partial charge on any atom is 0.429 e. The summed E-state index contributed by atoms with van der Waals surface area (Å²) in [5, 5.41) is 4.76. The van der Waals surface area contributed by atoms with Crippen molar-refractivity contribution in [2.45, 2.75) is 39.0 Å². The van der Waals surface area contributed by atoms with E-state index in [2.05, 4.69) is 5.32 Å². The Labute approximate surface area is 182 Å². The molecule has 0 aliphatic rings. The lowest BCUT2D eigenvalue weighted by molar-refractivity contribution is -0.156. The van der Waals surface area contributed by atoms with Gasteiger partial charge >= 0.3 is 18.1 Å². The summed E-state index contributed by atoms with van der Waals surface area (Å²) in [6.07, 6.45) is -1.86. The Morgan fingerprint density at radius 2 is 1.42 bits per heavy atom. The minimum atomic E-state index is -1.16. The van der Waals surface area contributed by atoms with E-state index >= 15 is 0 Å². The van der Waals surface area contributed by atoms with E-state index in [0.717, 1.165) is 21.1 Å². The fraction of sp³-hybridized carbons (Fsp3) is 0.348. The smallest absolute Gasteiger partial charge is 0.429 e. The van der Waals surface area contributed by atoms with Crippen molar-refractivity contribution in [2.75, 3.05) is 14.1 Å². The first-order valence-corrected chi connectivity index (χ1v) is 10.0. The second kappa shape index (κ2) is 11.6. The van der Waals surface area contributed by atoms with E-state index in [1.54, 1.807) is 0 Å². The summed E-state index contributed by atoms with van der Waals surface area (Å²) in [4.78, 5) is 37.5. The molecule has 166 valence electrons. The summed E-state index contributed by atoms with van der Waals surface area (Å²) in [7, 11) is 2.82. The molecule has 8 nitrogen and oxygen atoms in total. The van der Waals surface area contributed by atoms with E-state index in [1.165, 1.54) is 14.1 Å². The second-order valence-electron chi connectivity index (χ2n) is 7.31. The normalized spacial score (nSPS) is 11.4.